The van der Waals surface area contributed by atoms with Gasteiger partial charge in [0.15, 0.2) is 0 Å². The quantitative estimate of drug-likeness (QED) is 0.665. The molecule has 96 valence electrons. The number of halogens is 1. The van der Waals surface area contributed by atoms with Crippen LogP contribution in [0.1, 0.15) is 16.8 Å². The van der Waals surface area contributed by atoms with Gasteiger partial charge in [0.05, 0.1) is 29.6 Å². The molecular formula is C15H14ClN3. The van der Waals surface area contributed by atoms with E-state index in [1.807, 2.05) is 18.5 Å². The molecule has 1 aromatic carbocycles. The predicted molar refractivity (Wildman–Crippen MR) is 77.6 cm³/mol. The second-order valence-corrected chi connectivity index (χ2v) is 5.14. The van der Waals surface area contributed by atoms with Gasteiger partial charge in [-0.2, -0.15) is 0 Å². The molecule has 2 aromatic heterocycles. The molecule has 0 saturated carbocycles. The first kappa shape index (κ1) is 12.2. The average molecular weight is 272 g/mol. The van der Waals surface area contributed by atoms with Crippen molar-refractivity contribution in [3.63, 3.8) is 0 Å². The van der Waals surface area contributed by atoms with Crippen molar-refractivity contribution >= 4 is 22.6 Å². The monoisotopic (exact) mass is 271 g/mol. The fourth-order valence-electron chi connectivity index (χ4n) is 2.15. The molecule has 0 aliphatic rings. The van der Waals surface area contributed by atoms with Crippen LogP contribution in [0.3, 0.4) is 0 Å². The van der Waals surface area contributed by atoms with Crippen LogP contribution >= 0.6 is 11.6 Å². The topological polar surface area (TPSA) is 30.7 Å². The molecule has 0 spiro atoms. The molecule has 0 fully saturated rings. The standard InChI is InChI=1S/C15H14ClN3/c1-10-6-13-14(7-11(10)2)19(9-17-13)8-12-4-3-5-15(16)18-12/h3-7,9H,8H2,1-2H3. The molecular weight excluding hydrogens is 258 g/mol. The van der Waals surface area contributed by atoms with E-state index in [1.54, 1.807) is 6.07 Å². The minimum absolute atomic E-state index is 0.522. The van der Waals surface area contributed by atoms with E-state index in [0.29, 0.717) is 11.7 Å². The largest absolute Gasteiger partial charge is 0.324 e. The van der Waals surface area contributed by atoms with Crippen molar-refractivity contribution in [1.29, 1.82) is 0 Å². The summed E-state index contributed by atoms with van der Waals surface area (Å²) < 4.78 is 2.10. The van der Waals surface area contributed by atoms with Crippen LogP contribution in [0, 0.1) is 13.8 Å². The Balaban J connectivity index is 2.04. The summed E-state index contributed by atoms with van der Waals surface area (Å²) in [6, 6.07) is 9.96. The highest BCUT2D eigenvalue weighted by molar-refractivity contribution is 6.29. The molecule has 3 aromatic rings. The first-order valence-electron chi connectivity index (χ1n) is 6.17. The van der Waals surface area contributed by atoms with Crippen LogP contribution in [-0.4, -0.2) is 14.5 Å². The maximum Gasteiger partial charge on any atom is 0.129 e. The number of pyridine rings is 1. The highest BCUT2D eigenvalue weighted by Crippen LogP contribution is 2.19. The highest BCUT2D eigenvalue weighted by Gasteiger charge is 2.06. The SMILES string of the molecule is Cc1cc2ncn(Cc3cccc(Cl)n3)c2cc1C. The molecule has 0 saturated heterocycles. The van der Waals surface area contributed by atoms with E-state index >= 15 is 0 Å². The summed E-state index contributed by atoms with van der Waals surface area (Å²) in [6.07, 6.45) is 1.85. The fraction of sp³-hybridized carbons (Fsp3) is 0.200. The third-order valence-electron chi connectivity index (χ3n) is 3.34. The Hall–Kier alpha value is -1.87. The van der Waals surface area contributed by atoms with Gasteiger partial charge in [-0.3, -0.25) is 0 Å². The van der Waals surface area contributed by atoms with E-state index in [4.69, 9.17) is 11.6 Å². The van der Waals surface area contributed by atoms with Crippen LogP contribution in [0.5, 0.6) is 0 Å². The van der Waals surface area contributed by atoms with Gasteiger partial charge in [-0.15, -0.1) is 0 Å². The molecule has 0 unspecified atom stereocenters. The number of fused-ring (bicyclic) bond motifs is 1. The summed E-state index contributed by atoms with van der Waals surface area (Å²) in [6.45, 7) is 4.90. The first-order valence-corrected chi connectivity index (χ1v) is 6.55. The number of rotatable bonds is 2. The van der Waals surface area contributed by atoms with Crippen molar-refractivity contribution in [2.45, 2.75) is 20.4 Å². The molecule has 0 amide bonds. The zero-order chi connectivity index (χ0) is 13.4. The van der Waals surface area contributed by atoms with Crippen molar-refractivity contribution in [1.82, 2.24) is 14.5 Å². The summed E-state index contributed by atoms with van der Waals surface area (Å²) in [4.78, 5) is 8.75. The molecule has 0 aliphatic heterocycles. The maximum atomic E-state index is 5.91. The van der Waals surface area contributed by atoms with Crippen molar-refractivity contribution in [3.8, 4) is 0 Å². The zero-order valence-electron chi connectivity index (χ0n) is 10.9. The van der Waals surface area contributed by atoms with Crippen LogP contribution in [-0.2, 0) is 6.54 Å². The molecule has 3 nitrogen and oxygen atoms in total. The smallest absolute Gasteiger partial charge is 0.129 e. The van der Waals surface area contributed by atoms with E-state index in [9.17, 15) is 0 Å². The van der Waals surface area contributed by atoms with E-state index in [0.717, 1.165) is 16.7 Å². The second kappa shape index (κ2) is 4.67. The lowest BCUT2D eigenvalue weighted by atomic mass is 10.1. The van der Waals surface area contributed by atoms with Gasteiger partial charge < -0.3 is 4.57 Å². The number of benzene rings is 1. The number of hydrogen-bond donors (Lipinski definition) is 0. The molecule has 0 atom stereocenters. The third kappa shape index (κ3) is 2.34. The molecule has 19 heavy (non-hydrogen) atoms. The lowest BCUT2D eigenvalue weighted by Crippen LogP contribution is -2.00. The molecule has 2 heterocycles. The van der Waals surface area contributed by atoms with Crippen LogP contribution < -0.4 is 0 Å². The maximum absolute atomic E-state index is 5.91. The number of aromatic nitrogens is 3. The van der Waals surface area contributed by atoms with Crippen molar-refractivity contribution in [2.24, 2.45) is 0 Å². The van der Waals surface area contributed by atoms with Gasteiger partial charge in [0.25, 0.3) is 0 Å². The summed E-state index contributed by atoms with van der Waals surface area (Å²) in [7, 11) is 0. The van der Waals surface area contributed by atoms with E-state index in [1.165, 1.54) is 11.1 Å². The Labute approximate surface area is 116 Å². The van der Waals surface area contributed by atoms with E-state index < -0.39 is 0 Å². The van der Waals surface area contributed by atoms with Gasteiger partial charge in [0.1, 0.15) is 5.15 Å². The lowest BCUT2D eigenvalue weighted by Gasteiger charge is -2.06. The lowest BCUT2D eigenvalue weighted by molar-refractivity contribution is 0.797. The average Bonchev–Trinajstić information content (AvgIpc) is 2.73. The summed E-state index contributed by atoms with van der Waals surface area (Å²) in [5, 5.41) is 0.522. The van der Waals surface area contributed by atoms with Crippen LogP contribution in [0.15, 0.2) is 36.7 Å². The van der Waals surface area contributed by atoms with Gasteiger partial charge in [-0.25, -0.2) is 9.97 Å². The van der Waals surface area contributed by atoms with Gasteiger partial charge >= 0.3 is 0 Å². The molecule has 0 N–H and O–H groups in total. The van der Waals surface area contributed by atoms with Crippen LogP contribution in [0.25, 0.3) is 11.0 Å². The molecule has 0 bridgehead atoms. The third-order valence-corrected chi connectivity index (χ3v) is 3.55. The second-order valence-electron chi connectivity index (χ2n) is 4.75. The first-order chi connectivity index (χ1) is 9.13. The fourth-order valence-corrected chi connectivity index (χ4v) is 2.33. The summed E-state index contributed by atoms with van der Waals surface area (Å²) >= 11 is 5.91. The summed E-state index contributed by atoms with van der Waals surface area (Å²) in [5.41, 5.74) is 5.62. The zero-order valence-corrected chi connectivity index (χ0v) is 11.6. The normalized spacial score (nSPS) is 11.1. The van der Waals surface area contributed by atoms with Crippen LogP contribution in [0.2, 0.25) is 5.15 Å². The van der Waals surface area contributed by atoms with E-state index in [2.05, 4.69) is 40.5 Å². The van der Waals surface area contributed by atoms with Crippen LogP contribution in [0.4, 0.5) is 0 Å². The number of nitrogens with zero attached hydrogens (tertiary/aromatic N) is 3. The highest BCUT2D eigenvalue weighted by atomic mass is 35.5. The van der Waals surface area contributed by atoms with Gasteiger partial charge in [0, 0.05) is 0 Å². The minimum Gasteiger partial charge on any atom is -0.324 e. The van der Waals surface area contributed by atoms with Gasteiger partial charge in [-0.05, 0) is 49.2 Å². The molecule has 3 rings (SSSR count). The Morgan fingerprint density at radius 3 is 2.74 bits per heavy atom. The van der Waals surface area contributed by atoms with Gasteiger partial charge in [0.2, 0.25) is 0 Å². The molecule has 0 aliphatic carbocycles. The minimum atomic E-state index is 0.522. The number of aryl methyl sites for hydroxylation is 2. The summed E-state index contributed by atoms with van der Waals surface area (Å²) in [5.74, 6) is 0. The predicted octanol–water partition coefficient (Wildman–Crippen LogP) is 3.75. The Morgan fingerprint density at radius 2 is 1.95 bits per heavy atom. The Morgan fingerprint density at radius 1 is 1.16 bits per heavy atom. The van der Waals surface area contributed by atoms with Crippen molar-refractivity contribution < 1.29 is 0 Å². The van der Waals surface area contributed by atoms with Crippen molar-refractivity contribution in [2.75, 3.05) is 0 Å². The van der Waals surface area contributed by atoms with Gasteiger partial charge in [-0.1, -0.05) is 17.7 Å². The van der Waals surface area contributed by atoms with E-state index in [-0.39, 0.29) is 0 Å². The number of hydrogen-bond acceptors (Lipinski definition) is 2. The molecule has 0 radical (unpaired) electrons. The Bertz CT molecular complexity index is 746. The Kier molecular flexibility index (Phi) is 2.99. The molecule has 4 heteroatoms. The van der Waals surface area contributed by atoms with Crippen molar-refractivity contribution in [3.05, 3.63) is 58.6 Å². The number of imidazole rings is 1.